The number of oxazole rings is 1. The van der Waals surface area contributed by atoms with E-state index in [2.05, 4.69) is 24.0 Å². The lowest BCUT2D eigenvalue weighted by Gasteiger charge is -1.82. The van der Waals surface area contributed by atoms with E-state index < -0.39 is 0 Å². The van der Waals surface area contributed by atoms with Crippen LogP contribution in [-0.4, -0.2) is 4.98 Å². The van der Waals surface area contributed by atoms with Gasteiger partial charge in [0.1, 0.15) is 5.76 Å². The summed E-state index contributed by atoms with van der Waals surface area (Å²) in [6, 6.07) is 10.3. The Morgan fingerprint density at radius 2 is 1.41 bits per heavy atom. The molecule has 96 valence electrons. The van der Waals surface area contributed by atoms with E-state index in [1.165, 1.54) is 12.0 Å². The van der Waals surface area contributed by atoms with Crippen molar-refractivity contribution in [1.29, 1.82) is 0 Å². The zero-order valence-electron chi connectivity index (χ0n) is 11.9. The summed E-state index contributed by atoms with van der Waals surface area (Å²) in [6.45, 7) is 11.9. The Bertz CT molecular complexity index is 314. The van der Waals surface area contributed by atoms with Gasteiger partial charge in [-0.15, -0.1) is 0 Å². The summed E-state index contributed by atoms with van der Waals surface area (Å²) >= 11 is 0. The second-order valence-electron chi connectivity index (χ2n) is 2.77. The van der Waals surface area contributed by atoms with E-state index in [0.29, 0.717) is 0 Å². The van der Waals surface area contributed by atoms with Gasteiger partial charge in [-0.2, -0.15) is 0 Å². The highest BCUT2D eigenvalue weighted by Gasteiger charge is 1.77. The van der Waals surface area contributed by atoms with Crippen LogP contribution in [0.3, 0.4) is 0 Å². The van der Waals surface area contributed by atoms with E-state index in [1.807, 2.05) is 52.8 Å². The fourth-order valence-corrected chi connectivity index (χ4v) is 0.814. The average Bonchev–Trinajstić information content (AvgIpc) is 2.87. The van der Waals surface area contributed by atoms with E-state index >= 15 is 0 Å². The Morgan fingerprint density at radius 3 is 1.59 bits per heavy atom. The minimum absolute atomic E-state index is 0.856. The van der Waals surface area contributed by atoms with Crippen LogP contribution >= 0.6 is 0 Å². The molecule has 0 spiro atoms. The number of rotatable bonds is 0. The number of benzene rings is 1. The molecule has 0 aliphatic heterocycles. The van der Waals surface area contributed by atoms with Crippen molar-refractivity contribution in [3.05, 3.63) is 54.2 Å². The molecule has 0 unspecified atom stereocenters. The van der Waals surface area contributed by atoms with Crippen LogP contribution in [0.4, 0.5) is 0 Å². The van der Waals surface area contributed by atoms with Gasteiger partial charge in [-0.05, 0) is 13.8 Å². The van der Waals surface area contributed by atoms with Crippen molar-refractivity contribution in [1.82, 2.24) is 4.98 Å². The molecule has 0 aliphatic carbocycles. The lowest BCUT2D eigenvalue weighted by atomic mass is 10.2. The number of nitrogens with zero attached hydrogens (tertiary/aromatic N) is 1. The minimum Gasteiger partial charge on any atom is -0.449 e. The summed E-state index contributed by atoms with van der Waals surface area (Å²) in [5, 5.41) is 0. The van der Waals surface area contributed by atoms with Gasteiger partial charge in [-0.25, -0.2) is 4.98 Å². The van der Waals surface area contributed by atoms with E-state index in [-0.39, 0.29) is 0 Å². The highest BCUT2D eigenvalue weighted by Crippen LogP contribution is 1.92. The molecule has 0 bridgehead atoms. The Labute approximate surface area is 106 Å². The maximum Gasteiger partial charge on any atom is 0.180 e. The molecule has 0 atom stereocenters. The summed E-state index contributed by atoms with van der Waals surface area (Å²) in [7, 11) is 0. The van der Waals surface area contributed by atoms with Crippen LogP contribution in [0.15, 0.2) is 47.3 Å². The van der Waals surface area contributed by atoms with Crippen LogP contribution in [0.1, 0.15) is 39.0 Å². The molecule has 0 radical (unpaired) electrons. The van der Waals surface area contributed by atoms with Crippen molar-refractivity contribution in [2.45, 2.75) is 41.5 Å². The number of aromatic nitrogens is 1. The lowest BCUT2D eigenvalue weighted by Crippen LogP contribution is -1.62. The third-order valence-corrected chi connectivity index (χ3v) is 1.50. The van der Waals surface area contributed by atoms with Crippen LogP contribution in [0.5, 0.6) is 0 Å². The maximum atomic E-state index is 4.72. The van der Waals surface area contributed by atoms with Crippen molar-refractivity contribution in [2.24, 2.45) is 0 Å². The van der Waals surface area contributed by atoms with Crippen LogP contribution in [0, 0.1) is 13.8 Å². The molecule has 0 amide bonds. The maximum absolute atomic E-state index is 4.72. The first-order valence-electron chi connectivity index (χ1n) is 6.16. The van der Waals surface area contributed by atoms with Gasteiger partial charge in [0.25, 0.3) is 0 Å². The second kappa shape index (κ2) is 14.4. The van der Waals surface area contributed by atoms with Crippen molar-refractivity contribution >= 4 is 0 Å². The molecule has 1 aromatic heterocycles. The normalized spacial score (nSPS) is 7.41. The molecule has 0 saturated heterocycles. The highest BCUT2D eigenvalue weighted by atomic mass is 16.3. The Morgan fingerprint density at radius 1 is 0.882 bits per heavy atom. The first kappa shape index (κ1) is 17.8. The largest absolute Gasteiger partial charge is 0.449 e. The molecule has 1 aromatic carbocycles. The van der Waals surface area contributed by atoms with Gasteiger partial charge in [0.15, 0.2) is 6.39 Å². The Balaban J connectivity index is 0. The monoisotopic (exact) mass is 235 g/mol. The molecular formula is C15H25NO. The summed E-state index contributed by atoms with van der Waals surface area (Å²) in [5.74, 6) is 0.856. The predicted molar refractivity (Wildman–Crippen MR) is 75.1 cm³/mol. The number of hydrogen-bond acceptors (Lipinski definition) is 2. The van der Waals surface area contributed by atoms with Crippen molar-refractivity contribution in [3.8, 4) is 0 Å². The molecule has 2 rings (SSSR count). The molecule has 0 fully saturated rings. The number of aryl methyl sites for hydroxylation is 2. The Kier molecular flexibility index (Phi) is 15.1. The zero-order valence-corrected chi connectivity index (χ0v) is 11.9. The van der Waals surface area contributed by atoms with Gasteiger partial charge in [0.05, 0.1) is 6.20 Å². The first-order chi connectivity index (χ1) is 8.29. The summed E-state index contributed by atoms with van der Waals surface area (Å²) in [4.78, 5) is 3.66. The van der Waals surface area contributed by atoms with E-state index in [1.54, 1.807) is 6.20 Å². The van der Waals surface area contributed by atoms with Crippen LogP contribution in [0.25, 0.3) is 0 Å². The summed E-state index contributed by atoms with van der Waals surface area (Å²) in [6.07, 6.45) is 3.08. The second-order valence-corrected chi connectivity index (χ2v) is 2.77. The molecule has 17 heavy (non-hydrogen) atoms. The molecule has 0 N–H and O–H groups in total. The van der Waals surface area contributed by atoms with Gasteiger partial charge in [-0.3, -0.25) is 0 Å². The van der Waals surface area contributed by atoms with E-state index in [9.17, 15) is 0 Å². The number of hydrogen-bond donors (Lipinski definition) is 0. The molecule has 1 heterocycles. The highest BCUT2D eigenvalue weighted by molar-refractivity contribution is 5.11. The minimum atomic E-state index is 0.856. The van der Waals surface area contributed by atoms with Gasteiger partial charge in [0, 0.05) is 0 Å². The third-order valence-electron chi connectivity index (χ3n) is 1.50. The van der Waals surface area contributed by atoms with Gasteiger partial charge < -0.3 is 4.42 Å². The summed E-state index contributed by atoms with van der Waals surface area (Å²) in [5.41, 5.74) is 1.32. The summed E-state index contributed by atoms with van der Waals surface area (Å²) < 4.78 is 4.72. The van der Waals surface area contributed by atoms with Crippen LogP contribution < -0.4 is 0 Å². The van der Waals surface area contributed by atoms with Crippen molar-refractivity contribution in [3.63, 3.8) is 0 Å². The van der Waals surface area contributed by atoms with Crippen molar-refractivity contribution < 1.29 is 4.42 Å². The molecule has 0 saturated carbocycles. The standard InChI is InChI=1S/C7H8.C4H5NO.2C2H6/c1-7-5-3-2-4-6-7;1-4-2-5-3-6-4;2*1-2/h2-6H,1H3;2-3H,1H3;2*1-2H3. The molecule has 2 nitrogen and oxygen atoms in total. The van der Waals surface area contributed by atoms with Crippen LogP contribution in [0.2, 0.25) is 0 Å². The van der Waals surface area contributed by atoms with E-state index in [4.69, 9.17) is 4.42 Å². The fraction of sp³-hybridized carbons (Fsp3) is 0.400. The SMILES string of the molecule is CC.CC.Cc1ccccc1.Cc1cnco1. The zero-order chi connectivity index (χ0) is 13.5. The lowest BCUT2D eigenvalue weighted by molar-refractivity contribution is 0.527. The van der Waals surface area contributed by atoms with E-state index in [0.717, 1.165) is 5.76 Å². The van der Waals surface area contributed by atoms with Crippen molar-refractivity contribution in [2.75, 3.05) is 0 Å². The molecule has 2 heteroatoms. The predicted octanol–water partition coefficient (Wildman–Crippen LogP) is 5.03. The fourth-order valence-electron chi connectivity index (χ4n) is 0.814. The molecule has 0 aliphatic rings. The third kappa shape index (κ3) is 12.4. The topological polar surface area (TPSA) is 26.0 Å². The quantitative estimate of drug-likeness (QED) is 0.640. The Hall–Kier alpha value is -1.57. The smallest absolute Gasteiger partial charge is 0.180 e. The van der Waals surface area contributed by atoms with Gasteiger partial charge in [0.2, 0.25) is 0 Å². The average molecular weight is 235 g/mol. The van der Waals surface area contributed by atoms with Gasteiger partial charge >= 0.3 is 0 Å². The van der Waals surface area contributed by atoms with Gasteiger partial charge in [-0.1, -0.05) is 63.6 Å². The molecular weight excluding hydrogens is 210 g/mol. The van der Waals surface area contributed by atoms with Crippen LogP contribution in [-0.2, 0) is 0 Å². The molecule has 2 aromatic rings. The first-order valence-corrected chi connectivity index (χ1v) is 6.16.